The molecule has 0 radical (unpaired) electrons. The first kappa shape index (κ1) is 22.3. The normalized spacial score (nSPS) is 14.9. The molecule has 0 spiro atoms. The maximum atomic E-state index is 12.7. The van der Waals surface area contributed by atoms with Crippen LogP contribution >= 0.6 is 35.1 Å². The fraction of sp³-hybridized carbons (Fsp3) is 0.0870. The van der Waals surface area contributed by atoms with Crippen LogP contribution < -0.4 is 5.32 Å². The van der Waals surface area contributed by atoms with Crippen molar-refractivity contribution in [2.45, 2.75) is 16.9 Å². The number of carbonyl (C=O) groups is 3. The molecule has 1 N–H and O–H groups in total. The van der Waals surface area contributed by atoms with Crippen molar-refractivity contribution < 1.29 is 18.8 Å². The van der Waals surface area contributed by atoms with E-state index in [1.54, 1.807) is 36.4 Å². The zero-order valence-corrected chi connectivity index (χ0v) is 19.2. The quantitative estimate of drug-likeness (QED) is 0.428. The summed E-state index contributed by atoms with van der Waals surface area (Å²) in [6, 6.07) is 18.1. The van der Waals surface area contributed by atoms with Crippen LogP contribution in [0.5, 0.6) is 0 Å². The number of halogens is 1. The molecule has 162 valence electrons. The van der Waals surface area contributed by atoms with Crippen LogP contribution in [0.3, 0.4) is 0 Å². The minimum atomic E-state index is -0.525. The summed E-state index contributed by atoms with van der Waals surface area (Å²) in [6.45, 7) is 1.51. The fourth-order valence-corrected chi connectivity index (χ4v) is 4.62. The maximum Gasteiger partial charge on any atom is 0.294 e. The van der Waals surface area contributed by atoms with Gasteiger partial charge in [-0.15, -0.1) is 0 Å². The van der Waals surface area contributed by atoms with Gasteiger partial charge >= 0.3 is 0 Å². The Kier molecular flexibility index (Phi) is 6.74. The van der Waals surface area contributed by atoms with E-state index in [4.69, 9.17) is 16.0 Å². The van der Waals surface area contributed by atoms with Crippen LogP contribution in [-0.2, 0) is 9.59 Å². The highest BCUT2D eigenvalue weighted by Crippen LogP contribution is 2.34. The van der Waals surface area contributed by atoms with Crippen molar-refractivity contribution in [1.29, 1.82) is 0 Å². The van der Waals surface area contributed by atoms with E-state index in [-0.39, 0.29) is 11.4 Å². The second kappa shape index (κ2) is 9.68. The Morgan fingerprint density at radius 2 is 1.88 bits per heavy atom. The maximum absolute atomic E-state index is 12.7. The molecule has 1 fully saturated rings. The second-order valence-electron chi connectivity index (χ2n) is 6.84. The van der Waals surface area contributed by atoms with E-state index < -0.39 is 17.1 Å². The van der Waals surface area contributed by atoms with Crippen LogP contribution in [0, 0.1) is 6.92 Å². The number of benzene rings is 2. The molecule has 0 atom stereocenters. The van der Waals surface area contributed by atoms with Crippen molar-refractivity contribution >= 4 is 63.9 Å². The number of para-hydroxylation sites is 1. The smallest absolute Gasteiger partial charge is 0.294 e. The minimum absolute atomic E-state index is 0.205. The molecule has 0 unspecified atom stereocenters. The van der Waals surface area contributed by atoms with Crippen molar-refractivity contribution in [2.24, 2.45) is 0 Å². The first-order valence-corrected chi connectivity index (χ1v) is 11.5. The van der Waals surface area contributed by atoms with E-state index in [2.05, 4.69) is 5.32 Å². The molecule has 6 nitrogen and oxygen atoms in total. The Hall–Kier alpha value is -2.94. The predicted molar refractivity (Wildman–Crippen MR) is 127 cm³/mol. The van der Waals surface area contributed by atoms with Gasteiger partial charge in [0, 0.05) is 21.7 Å². The molecule has 4 rings (SSSR count). The fourth-order valence-electron chi connectivity index (χ4n) is 2.90. The molecule has 1 aliphatic heterocycles. The lowest BCUT2D eigenvalue weighted by molar-refractivity contribution is -0.127. The molecule has 2 aromatic carbocycles. The van der Waals surface area contributed by atoms with Gasteiger partial charge in [0.05, 0.1) is 4.91 Å². The van der Waals surface area contributed by atoms with Gasteiger partial charge in [0.25, 0.3) is 11.1 Å². The topological polar surface area (TPSA) is 79.6 Å². The van der Waals surface area contributed by atoms with Crippen LogP contribution in [0.15, 0.2) is 80.0 Å². The first-order valence-electron chi connectivity index (χ1n) is 9.53. The van der Waals surface area contributed by atoms with Crippen LogP contribution in [0.1, 0.15) is 11.3 Å². The lowest BCUT2D eigenvalue weighted by Gasteiger charge is -2.13. The molecule has 32 heavy (non-hydrogen) atoms. The number of anilines is 1. The summed E-state index contributed by atoms with van der Waals surface area (Å²) in [5.74, 6) is -0.526. The van der Waals surface area contributed by atoms with Crippen LogP contribution in [0.25, 0.3) is 6.08 Å². The summed E-state index contributed by atoms with van der Waals surface area (Å²) in [5.41, 5.74) is 1.53. The molecule has 3 aromatic rings. The van der Waals surface area contributed by atoms with Crippen molar-refractivity contribution in [3.05, 3.63) is 81.9 Å². The number of aryl methyl sites for hydroxylation is 1. The lowest BCUT2D eigenvalue weighted by atomic mass is 10.2. The molecule has 3 amide bonds. The van der Waals surface area contributed by atoms with E-state index in [1.165, 1.54) is 17.8 Å². The largest absolute Gasteiger partial charge is 0.450 e. The molecule has 1 saturated heterocycles. The van der Waals surface area contributed by atoms with Gasteiger partial charge in [-0.1, -0.05) is 41.6 Å². The number of amides is 3. The highest BCUT2D eigenvalue weighted by molar-refractivity contribution is 8.18. The average Bonchev–Trinajstić information content (AvgIpc) is 3.31. The van der Waals surface area contributed by atoms with Crippen LogP contribution in [0.2, 0.25) is 5.02 Å². The lowest BCUT2D eigenvalue weighted by Crippen LogP contribution is -2.36. The molecule has 1 aromatic heterocycles. The third-order valence-electron chi connectivity index (χ3n) is 4.50. The summed E-state index contributed by atoms with van der Waals surface area (Å²) < 4.78 is 5.75. The number of carbonyl (C=O) groups excluding carboxylic acids is 3. The zero-order valence-electron chi connectivity index (χ0n) is 16.8. The third kappa shape index (κ3) is 5.27. The van der Waals surface area contributed by atoms with Crippen LogP contribution in [0.4, 0.5) is 10.5 Å². The molecule has 0 aliphatic carbocycles. The number of nitrogens with zero attached hydrogens (tertiary/aromatic N) is 1. The van der Waals surface area contributed by atoms with Gasteiger partial charge in [-0.05, 0) is 66.7 Å². The van der Waals surface area contributed by atoms with E-state index in [1.807, 2.05) is 31.2 Å². The molecule has 2 heterocycles. The Labute approximate surface area is 198 Å². The minimum Gasteiger partial charge on any atom is -0.450 e. The summed E-state index contributed by atoms with van der Waals surface area (Å²) in [4.78, 5) is 39.4. The number of nitrogens with one attached hydrogen (secondary N) is 1. The molecule has 0 bridgehead atoms. The monoisotopic (exact) mass is 484 g/mol. The highest BCUT2D eigenvalue weighted by atomic mass is 35.5. The Balaban J connectivity index is 1.41. The number of hydrogen-bond donors (Lipinski definition) is 1. The van der Waals surface area contributed by atoms with Crippen molar-refractivity contribution in [3.8, 4) is 0 Å². The SMILES string of the molecule is Cc1ccccc1NC(=O)CN1C(=O)S/C(=C\c2ccc(Sc3ccc(Cl)cc3)o2)C1=O. The number of hydrogen-bond acceptors (Lipinski definition) is 6. The Bertz CT molecular complexity index is 1220. The third-order valence-corrected chi connectivity index (χ3v) is 6.59. The van der Waals surface area contributed by atoms with Gasteiger partial charge in [0.15, 0.2) is 5.09 Å². The van der Waals surface area contributed by atoms with Gasteiger partial charge in [-0.25, -0.2) is 0 Å². The summed E-state index contributed by atoms with van der Waals surface area (Å²) in [5, 5.41) is 3.52. The molecular formula is C23H17ClN2O4S2. The summed E-state index contributed by atoms with van der Waals surface area (Å²) >= 11 is 8.09. The van der Waals surface area contributed by atoms with Gasteiger partial charge in [-0.2, -0.15) is 0 Å². The van der Waals surface area contributed by atoms with Crippen molar-refractivity contribution in [3.63, 3.8) is 0 Å². The van der Waals surface area contributed by atoms with Gasteiger partial charge in [0.2, 0.25) is 5.91 Å². The summed E-state index contributed by atoms with van der Waals surface area (Å²) in [6.07, 6.45) is 1.51. The second-order valence-corrected chi connectivity index (χ2v) is 9.35. The van der Waals surface area contributed by atoms with Gasteiger partial charge < -0.3 is 9.73 Å². The molecule has 1 aliphatic rings. The van der Waals surface area contributed by atoms with E-state index >= 15 is 0 Å². The number of furan rings is 1. The highest BCUT2D eigenvalue weighted by Gasteiger charge is 2.36. The van der Waals surface area contributed by atoms with E-state index in [0.29, 0.717) is 21.6 Å². The molecular weight excluding hydrogens is 468 g/mol. The molecule has 0 saturated carbocycles. The number of rotatable bonds is 6. The van der Waals surface area contributed by atoms with Gasteiger partial charge in [-0.3, -0.25) is 19.3 Å². The predicted octanol–water partition coefficient (Wildman–Crippen LogP) is 6.07. The average molecular weight is 485 g/mol. The number of thioether (sulfide) groups is 1. The van der Waals surface area contributed by atoms with Crippen molar-refractivity contribution in [2.75, 3.05) is 11.9 Å². The number of imide groups is 1. The first-order chi connectivity index (χ1) is 15.4. The Morgan fingerprint density at radius 3 is 2.62 bits per heavy atom. The van der Waals surface area contributed by atoms with Crippen molar-refractivity contribution in [1.82, 2.24) is 4.90 Å². The van der Waals surface area contributed by atoms with Crippen LogP contribution in [-0.4, -0.2) is 28.5 Å². The standard InChI is InChI=1S/C23H17ClN2O4S2/c1-14-4-2-3-5-18(14)25-20(27)13-26-22(28)19(32-23(26)29)12-16-8-11-21(30-16)31-17-9-6-15(24)7-10-17/h2-12H,13H2,1H3,(H,25,27)/b19-12-. The molecule has 9 heteroatoms. The Morgan fingerprint density at radius 1 is 1.12 bits per heavy atom. The van der Waals surface area contributed by atoms with Gasteiger partial charge in [0.1, 0.15) is 12.3 Å². The van der Waals surface area contributed by atoms with E-state index in [9.17, 15) is 14.4 Å². The zero-order chi connectivity index (χ0) is 22.7. The summed E-state index contributed by atoms with van der Waals surface area (Å²) in [7, 11) is 0. The van der Waals surface area contributed by atoms with E-state index in [0.717, 1.165) is 27.1 Å².